The van der Waals surface area contributed by atoms with Gasteiger partial charge in [-0.2, -0.15) is 11.8 Å². The number of thioether (sulfide) groups is 1. The number of carbonyl (C=O) groups is 1. The largest absolute Gasteiger partial charge is 0.549 e. The Labute approximate surface area is 59.6 Å². The number of rotatable bonds is 4. The SMILES string of the molecule is CCCSC(C)C(=O)[O-]. The Morgan fingerprint density at radius 2 is 2.33 bits per heavy atom. The van der Waals surface area contributed by atoms with Gasteiger partial charge in [-0.15, -0.1) is 0 Å². The van der Waals surface area contributed by atoms with Crippen LogP contribution in [0.15, 0.2) is 0 Å². The van der Waals surface area contributed by atoms with Gasteiger partial charge in [-0.25, -0.2) is 0 Å². The Morgan fingerprint density at radius 3 is 2.67 bits per heavy atom. The summed E-state index contributed by atoms with van der Waals surface area (Å²) >= 11 is 1.42. The smallest absolute Gasteiger partial charge is 0.0541 e. The fourth-order valence-corrected chi connectivity index (χ4v) is 1.09. The summed E-state index contributed by atoms with van der Waals surface area (Å²) in [5.41, 5.74) is 0. The third-order valence-corrected chi connectivity index (χ3v) is 2.24. The average Bonchev–Trinajstić information content (AvgIpc) is 1.82. The Balaban J connectivity index is 3.27. The number of hydrogen-bond donors (Lipinski definition) is 0. The van der Waals surface area contributed by atoms with Crippen molar-refractivity contribution in [3.63, 3.8) is 0 Å². The molecule has 0 saturated heterocycles. The molecule has 0 aromatic rings. The summed E-state index contributed by atoms with van der Waals surface area (Å²) < 4.78 is 0. The van der Waals surface area contributed by atoms with Gasteiger partial charge >= 0.3 is 0 Å². The molecule has 2 nitrogen and oxygen atoms in total. The molecule has 0 heterocycles. The van der Waals surface area contributed by atoms with Gasteiger partial charge in [-0.05, 0) is 19.1 Å². The molecule has 0 aliphatic rings. The first-order valence-corrected chi connectivity index (χ1v) is 4.05. The third kappa shape index (κ3) is 4.33. The van der Waals surface area contributed by atoms with Crippen LogP contribution in [-0.2, 0) is 4.79 Å². The highest BCUT2D eigenvalue weighted by molar-refractivity contribution is 8.00. The Morgan fingerprint density at radius 1 is 1.78 bits per heavy atom. The molecule has 1 unspecified atom stereocenters. The van der Waals surface area contributed by atoms with E-state index in [-0.39, 0.29) is 5.25 Å². The van der Waals surface area contributed by atoms with Crippen molar-refractivity contribution >= 4 is 17.7 Å². The minimum absolute atomic E-state index is 0.357. The average molecular weight is 147 g/mol. The molecule has 1 atom stereocenters. The molecular formula is C6H11O2S-. The van der Waals surface area contributed by atoms with Gasteiger partial charge < -0.3 is 9.90 Å². The highest BCUT2D eigenvalue weighted by Crippen LogP contribution is 2.09. The lowest BCUT2D eigenvalue weighted by atomic mass is 10.5. The maximum Gasteiger partial charge on any atom is 0.0541 e. The first-order valence-electron chi connectivity index (χ1n) is 3.01. The molecule has 0 saturated carbocycles. The molecule has 0 rings (SSSR count). The summed E-state index contributed by atoms with van der Waals surface area (Å²) in [5.74, 6) is -0.0664. The van der Waals surface area contributed by atoms with Gasteiger partial charge in [0, 0.05) is 5.25 Å². The highest BCUT2D eigenvalue weighted by atomic mass is 32.2. The zero-order valence-corrected chi connectivity index (χ0v) is 6.53. The van der Waals surface area contributed by atoms with E-state index in [2.05, 4.69) is 0 Å². The Hall–Kier alpha value is -0.180. The predicted octanol–water partition coefficient (Wildman–Crippen LogP) is 0.268. The minimum atomic E-state index is -0.964. The molecule has 0 radical (unpaired) electrons. The topological polar surface area (TPSA) is 40.1 Å². The van der Waals surface area contributed by atoms with E-state index in [9.17, 15) is 9.90 Å². The zero-order valence-electron chi connectivity index (χ0n) is 5.72. The van der Waals surface area contributed by atoms with Crippen LogP contribution >= 0.6 is 11.8 Å². The van der Waals surface area contributed by atoms with Gasteiger partial charge in [-0.3, -0.25) is 0 Å². The number of aliphatic carboxylic acids is 1. The van der Waals surface area contributed by atoms with Gasteiger partial charge in [-0.1, -0.05) is 6.92 Å². The van der Waals surface area contributed by atoms with Crippen molar-refractivity contribution in [2.45, 2.75) is 25.5 Å². The first-order chi connectivity index (χ1) is 4.18. The molecule has 9 heavy (non-hydrogen) atoms. The molecule has 0 amide bonds. The molecule has 0 aromatic heterocycles. The number of carboxylic acids is 1. The molecule has 0 aliphatic carbocycles. The van der Waals surface area contributed by atoms with Gasteiger partial charge in [0.1, 0.15) is 0 Å². The second-order valence-electron chi connectivity index (χ2n) is 1.83. The van der Waals surface area contributed by atoms with Crippen molar-refractivity contribution in [3.8, 4) is 0 Å². The van der Waals surface area contributed by atoms with Crippen LogP contribution in [0.25, 0.3) is 0 Å². The van der Waals surface area contributed by atoms with Crippen molar-refractivity contribution in [3.05, 3.63) is 0 Å². The summed E-state index contributed by atoms with van der Waals surface area (Å²) in [5, 5.41) is 9.72. The van der Waals surface area contributed by atoms with E-state index < -0.39 is 5.97 Å². The maximum atomic E-state index is 10.1. The van der Waals surface area contributed by atoms with E-state index in [1.807, 2.05) is 6.92 Å². The van der Waals surface area contributed by atoms with Gasteiger partial charge in [0.05, 0.1) is 5.97 Å². The van der Waals surface area contributed by atoms with E-state index in [1.54, 1.807) is 6.92 Å². The first kappa shape index (κ1) is 8.82. The van der Waals surface area contributed by atoms with Crippen LogP contribution in [0.4, 0.5) is 0 Å². The lowest BCUT2D eigenvalue weighted by Gasteiger charge is -2.09. The molecule has 54 valence electrons. The molecule has 0 N–H and O–H groups in total. The Bertz CT molecular complexity index is 93.1. The lowest BCUT2D eigenvalue weighted by Crippen LogP contribution is -2.31. The zero-order chi connectivity index (χ0) is 7.28. The van der Waals surface area contributed by atoms with Crippen molar-refractivity contribution in [1.29, 1.82) is 0 Å². The van der Waals surface area contributed by atoms with Crippen molar-refractivity contribution in [1.82, 2.24) is 0 Å². The summed E-state index contributed by atoms with van der Waals surface area (Å²) in [7, 11) is 0. The summed E-state index contributed by atoms with van der Waals surface area (Å²) in [6.45, 7) is 3.67. The second-order valence-corrected chi connectivity index (χ2v) is 3.28. The van der Waals surface area contributed by atoms with Crippen LogP contribution in [0.2, 0.25) is 0 Å². The van der Waals surface area contributed by atoms with Gasteiger partial charge in [0.15, 0.2) is 0 Å². The van der Waals surface area contributed by atoms with Crippen LogP contribution in [0.1, 0.15) is 20.3 Å². The summed E-state index contributed by atoms with van der Waals surface area (Å²) in [6.07, 6.45) is 1.02. The molecule has 0 bridgehead atoms. The fraction of sp³-hybridized carbons (Fsp3) is 0.833. The van der Waals surface area contributed by atoms with E-state index >= 15 is 0 Å². The summed E-state index contributed by atoms with van der Waals surface area (Å²) in [4.78, 5) is 10.1. The van der Waals surface area contributed by atoms with Crippen LogP contribution < -0.4 is 5.11 Å². The van der Waals surface area contributed by atoms with Crippen molar-refractivity contribution in [2.24, 2.45) is 0 Å². The molecule has 0 aliphatic heterocycles. The van der Waals surface area contributed by atoms with Crippen LogP contribution in [0, 0.1) is 0 Å². The number of hydrogen-bond acceptors (Lipinski definition) is 3. The van der Waals surface area contributed by atoms with Crippen LogP contribution in [0.5, 0.6) is 0 Å². The molecule has 0 spiro atoms. The van der Waals surface area contributed by atoms with Crippen molar-refractivity contribution < 1.29 is 9.90 Å². The van der Waals surface area contributed by atoms with Crippen molar-refractivity contribution in [2.75, 3.05) is 5.75 Å². The van der Waals surface area contributed by atoms with Crippen LogP contribution in [-0.4, -0.2) is 17.0 Å². The highest BCUT2D eigenvalue weighted by Gasteiger charge is 1.99. The molecule has 0 aromatic carbocycles. The molecule has 3 heteroatoms. The van der Waals surface area contributed by atoms with Gasteiger partial charge in [0.25, 0.3) is 0 Å². The third-order valence-electron chi connectivity index (χ3n) is 0.904. The van der Waals surface area contributed by atoms with Crippen LogP contribution in [0.3, 0.4) is 0 Å². The number of carbonyl (C=O) groups excluding carboxylic acids is 1. The number of carboxylic acid groups (broad SMARTS) is 1. The maximum absolute atomic E-state index is 10.1. The minimum Gasteiger partial charge on any atom is -0.549 e. The van der Waals surface area contributed by atoms with E-state index in [1.165, 1.54) is 11.8 Å². The second kappa shape index (κ2) is 4.68. The molecule has 0 fully saturated rings. The molecular weight excluding hydrogens is 136 g/mol. The van der Waals surface area contributed by atoms with Gasteiger partial charge in [0.2, 0.25) is 0 Å². The Kier molecular flexibility index (Phi) is 4.58. The van der Waals surface area contributed by atoms with E-state index in [4.69, 9.17) is 0 Å². The van der Waals surface area contributed by atoms with E-state index in [0.29, 0.717) is 0 Å². The van der Waals surface area contributed by atoms with E-state index in [0.717, 1.165) is 12.2 Å². The summed E-state index contributed by atoms with van der Waals surface area (Å²) in [6, 6.07) is 0. The quantitative estimate of drug-likeness (QED) is 0.573. The normalized spacial score (nSPS) is 13.1. The predicted molar refractivity (Wildman–Crippen MR) is 37.2 cm³/mol. The standard InChI is InChI=1S/C6H12O2S/c1-3-4-9-5(2)6(7)8/h5H,3-4H2,1-2H3,(H,7,8)/p-1. The lowest BCUT2D eigenvalue weighted by molar-refractivity contribution is -0.304. The fourth-order valence-electron chi connectivity index (χ4n) is 0.363. The monoisotopic (exact) mass is 147 g/mol.